The smallest absolute Gasteiger partial charge is 0.223 e. The maximum Gasteiger partial charge on any atom is 0.223 e. The Kier molecular flexibility index (Phi) is 4.70. The van der Waals surface area contributed by atoms with Gasteiger partial charge in [-0.3, -0.25) is 9.59 Å². The van der Waals surface area contributed by atoms with Crippen LogP contribution in [0.15, 0.2) is 17.5 Å². The van der Waals surface area contributed by atoms with Crippen molar-refractivity contribution in [1.29, 1.82) is 0 Å². The predicted molar refractivity (Wildman–Crippen MR) is 83.5 cm³/mol. The summed E-state index contributed by atoms with van der Waals surface area (Å²) in [6, 6.07) is 3.71. The number of nitrogens with zero attached hydrogens (tertiary/aromatic N) is 1. The molecule has 5 heteroatoms. The zero-order valence-corrected chi connectivity index (χ0v) is 13.0. The van der Waals surface area contributed by atoms with E-state index in [1.165, 1.54) is 11.3 Å². The summed E-state index contributed by atoms with van der Waals surface area (Å²) < 4.78 is 0. The highest BCUT2D eigenvalue weighted by molar-refractivity contribution is 7.12. The normalized spacial score (nSPS) is 25.4. The third-order valence-electron chi connectivity index (χ3n) is 4.73. The van der Waals surface area contributed by atoms with Crippen molar-refractivity contribution in [2.24, 2.45) is 11.8 Å². The maximum absolute atomic E-state index is 12.3. The van der Waals surface area contributed by atoms with Crippen LogP contribution in [0.25, 0.3) is 0 Å². The Morgan fingerprint density at radius 1 is 1.19 bits per heavy atom. The van der Waals surface area contributed by atoms with Gasteiger partial charge in [-0.05, 0) is 49.2 Å². The SMILES string of the molecule is O=C(CCC(=O)N1CC[C@@H]2CNC[C@@H]2CC1)c1cccs1. The summed E-state index contributed by atoms with van der Waals surface area (Å²) in [4.78, 5) is 27.0. The molecule has 4 nitrogen and oxygen atoms in total. The first kappa shape index (κ1) is 14.7. The number of amides is 1. The highest BCUT2D eigenvalue weighted by Crippen LogP contribution is 2.27. The van der Waals surface area contributed by atoms with Crippen LogP contribution in [0.4, 0.5) is 0 Å². The van der Waals surface area contributed by atoms with Gasteiger partial charge < -0.3 is 10.2 Å². The van der Waals surface area contributed by atoms with Gasteiger partial charge in [-0.25, -0.2) is 0 Å². The minimum absolute atomic E-state index is 0.0919. The van der Waals surface area contributed by atoms with Gasteiger partial charge in [0.05, 0.1) is 4.88 Å². The predicted octanol–water partition coefficient (Wildman–Crippen LogP) is 2.17. The summed E-state index contributed by atoms with van der Waals surface area (Å²) >= 11 is 1.45. The molecule has 1 amide bonds. The lowest BCUT2D eigenvalue weighted by Crippen LogP contribution is -2.32. The van der Waals surface area contributed by atoms with Gasteiger partial charge in [0.2, 0.25) is 5.91 Å². The molecule has 3 rings (SSSR count). The van der Waals surface area contributed by atoms with Gasteiger partial charge >= 0.3 is 0 Å². The molecule has 2 atom stereocenters. The number of thiophene rings is 1. The molecule has 0 radical (unpaired) electrons. The Labute approximate surface area is 129 Å². The van der Waals surface area contributed by atoms with Gasteiger partial charge in [0, 0.05) is 25.9 Å². The zero-order chi connectivity index (χ0) is 14.7. The van der Waals surface area contributed by atoms with E-state index in [0.717, 1.165) is 55.7 Å². The number of hydrogen-bond donors (Lipinski definition) is 1. The second-order valence-electron chi connectivity index (χ2n) is 6.04. The van der Waals surface area contributed by atoms with E-state index in [1.807, 2.05) is 22.4 Å². The average molecular weight is 306 g/mol. The number of likely N-dealkylation sites (tertiary alicyclic amines) is 1. The van der Waals surface area contributed by atoms with Crippen LogP contribution < -0.4 is 5.32 Å². The second-order valence-corrected chi connectivity index (χ2v) is 6.98. The van der Waals surface area contributed by atoms with Crippen LogP contribution in [0.3, 0.4) is 0 Å². The summed E-state index contributed by atoms with van der Waals surface area (Å²) in [5.41, 5.74) is 0. The second kappa shape index (κ2) is 6.71. The maximum atomic E-state index is 12.3. The standard InChI is InChI=1S/C16H22N2O2S/c19-14(15-2-1-9-21-15)3-4-16(20)18-7-5-12-10-17-11-13(12)6-8-18/h1-2,9,12-13,17H,3-8,10-11H2/t12-,13+. The summed E-state index contributed by atoms with van der Waals surface area (Å²) in [5.74, 6) is 1.70. The lowest BCUT2D eigenvalue weighted by molar-refractivity contribution is -0.131. The van der Waals surface area contributed by atoms with E-state index in [9.17, 15) is 9.59 Å². The molecular formula is C16H22N2O2S. The molecule has 2 aliphatic rings. The van der Waals surface area contributed by atoms with Crippen LogP contribution in [0.1, 0.15) is 35.4 Å². The number of rotatable bonds is 4. The summed E-state index contributed by atoms with van der Waals surface area (Å²) in [5, 5.41) is 5.34. The number of hydrogen-bond acceptors (Lipinski definition) is 4. The summed E-state index contributed by atoms with van der Waals surface area (Å²) in [7, 11) is 0. The van der Waals surface area contributed by atoms with Crippen LogP contribution >= 0.6 is 11.3 Å². The molecule has 0 spiro atoms. The number of ketones is 1. The molecule has 0 saturated carbocycles. The Morgan fingerprint density at radius 3 is 2.52 bits per heavy atom. The zero-order valence-electron chi connectivity index (χ0n) is 12.2. The molecule has 1 aromatic heterocycles. The van der Waals surface area contributed by atoms with Crippen molar-refractivity contribution in [2.75, 3.05) is 26.2 Å². The molecule has 3 heterocycles. The van der Waals surface area contributed by atoms with Gasteiger partial charge in [0.15, 0.2) is 5.78 Å². The molecule has 2 aliphatic heterocycles. The topological polar surface area (TPSA) is 49.4 Å². The highest BCUT2D eigenvalue weighted by Gasteiger charge is 2.31. The monoisotopic (exact) mass is 306 g/mol. The van der Waals surface area contributed by atoms with E-state index >= 15 is 0 Å². The van der Waals surface area contributed by atoms with Crippen molar-refractivity contribution in [3.8, 4) is 0 Å². The Bertz CT molecular complexity index is 486. The number of fused-ring (bicyclic) bond motifs is 1. The van der Waals surface area contributed by atoms with Crippen molar-refractivity contribution < 1.29 is 9.59 Å². The van der Waals surface area contributed by atoms with Crippen molar-refractivity contribution in [3.63, 3.8) is 0 Å². The third-order valence-corrected chi connectivity index (χ3v) is 5.64. The lowest BCUT2D eigenvalue weighted by Gasteiger charge is -2.20. The number of carbonyl (C=O) groups excluding carboxylic acids is 2. The molecule has 1 N–H and O–H groups in total. The van der Waals surface area contributed by atoms with Gasteiger partial charge in [-0.2, -0.15) is 0 Å². The molecule has 0 aromatic carbocycles. The molecule has 21 heavy (non-hydrogen) atoms. The molecule has 114 valence electrons. The van der Waals surface area contributed by atoms with E-state index in [4.69, 9.17) is 0 Å². The third kappa shape index (κ3) is 3.52. The van der Waals surface area contributed by atoms with Crippen LogP contribution in [-0.2, 0) is 4.79 Å². The minimum Gasteiger partial charge on any atom is -0.343 e. The van der Waals surface area contributed by atoms with Gasteiger partial charge in [-0.15, -0.1) is 11.3 Å². The van der Waals surface area contributed by atoms with Crippen molar-refractivity contribution in [3.05, 3.63) is 22.4 Å². The summed E-state index contributed by atoms with van der Waals surface area (Å²) in [6.45, 7) is 3.91. The van der Waals surface area contributed by atoms with Crippen LogP contribution in [-0.4, -0.2) is 42.8 Å². The van der Waals surface area contributed by atoms with E-state index in [0.29, 0.717) is 12.8 Å². The first-order valence-corrected chi connectivity index (χ1v) is 8.67. The Balaban J connectivity index is 1.48. The molecule has 2 saturated heterocycles. The van der Waals surface area contributed by atoms with Gasteiger partial charge in [-0.1, -0.05) is 6.07 Å². The van der Waals surface area contributed by atoms with Crippen molar-refractivity contribution in [1.82, 2.24) is 10.2 Å². The fraction of sp³-hybridized carbons (Fsp3) is 0.625. The fourth-order valence-electron chi connectivity index (χ4n) is 3.41. The minimum atomic E-state index is 0.0919. The first-order valence-electron chi connectivity index (χ1n) is 7.79. The van der Waals surface area contributed by atoms with Crippen LogP contribution in [0, 0.1) is 11.8 Å². The lowest BCUT2D eigenvalue weighted by atomic mass is 9.92. The number of carbonyl (C=O) groups is 2. The molecule has 0 aliphatic carbocycles. The fourth-order valence-corrected chi connectivity index (χ4v) is 4.10. The Hall–Kier alpha value is -1.20. The van der Waals surface area contributed by atoms with E-state index in [1.54, 1.807) is 0 Å². The Morgan fingerprint density at radius 2 is 1.90 bits per heavy atom. The molecule has 0 bridgehead atoms. The highest BCUT2D eigenvalue weighted by atomic mass is 32.1. The quantitative estimate of drug-likeness (QED) is 0.867. The molecule has 1 aromatic rings. The van der Waals surface area contributed by atoms with E-state index in [-0.39, 0.29) is 11.7 Å². The molecule has 0 unspecified atom stereocenters. The molecule has 2 fully saturated rings. The molecular weight excluding hydrogens is 284 g/mol. The number of Topliss-reactive ketones (excluding diaryl/α,β-unsaturated/α-hetero) is 1. The van der Waals surface area contributed by atoms with Crippen LogP contribution in [0.5, 0.6) is 0 Å². The first-order chi connectivity index (χ1) is 10.2. The van der Waals surface area contributed by atoms with E-state index in [2.05, 4.69) is 5.32 Å². The largest absolute Gasteiger partial charge is 0.343 e. The van der Waals surface area contributed by atoms with Gasteiger partial charge in [0.1, 0.15) is 0 Å². The van der Waals surface area contributed by atoms with Crippen molar-refractivity contribution >= 4 is 23.0 Å². The summed E-state index contributed by atoms with van der Waals surface area (Å²) in [6.07, 6.45) is 2.89. The van der Waals surface area contributed by atoms with Gasteiger partial charge in [0.25, 0.3) is 0 Å². The van der Waals surface area contributed by atoms with E-state index < -0.39 is 0 Å². The van der Waals surface area contributed by atoms with Crippen LogP contribution in [0.2, 0.25) is 0 Å². The average Bonchev–Trinajstić information content (AvgIpc) is 3.13. The number of nitrogens with one attached hydrogen (secondary N) is 1. The van der Waals surface area contributed by atoms with Crippen molar-refractivity contribution in [2.45, 2.75) is 25.7 Å².